The predicted octanol–water partition coefficient (Wildman–Crippen LogP) is 3.21. The first kappa shape index (κ1) is 20.2. The van der Waals surface area contributed by atoms with Crippen LogP contribution < -0.4 is 10.1 Å². The highest BCUT2D eigenvalue weighted by molar-refractivity contribution is 5.81. The van der Waals surface area contributed by atoms with Crippen molar-refractivity contribution >= 4 is 5.91 Å². The Bertz CT molecular complexity index is 599. The standard InChI is InChI=1S/C22H35N3O2/c1-3-13-24-14-7-6-11-19(24)22(26)23-17-20(25-15-8-9-16-25)18-10-4-5-12-21(18)27-2/h4-5,10,12,19-20H,3,6-9,11,13-17H2,1-2H3,(H,23,26). The van der Waals surface area contributed by atoms with Crippen molar-refractivity contribution < 1.29 is 9.53 Å². The third-order valence-electron chi connectivity index (χ3n) is 5.98. The highest BCUT2D eigenvalue weighted by Crippen LogP contribution is 2.31. The SMILES string of the molecule is CCCN1CCCCC1C(=O)NCC(c1ccccc1OC)N1CCCC1. The number of nitrogens with one attached hydrogen (secondary N) is 1. The van der Waals surface area contributed by atoms with E-state index in [9.17, 15) is 4.79 Å². The van der Waals surface area contributed by atoms with Gasteiger partial charge in [0.15, 0.2) is 0 Å². The van der Waals surface area contributed by atoms with E-state index in [4.69, 9.17) is 4.74 Å². The molecule has 2 aliphatic heterocycles. The van der Waals surface area contributed by atoms with Crippen LogP contribution in [0, 0.1) is 0 Å². The number of carbonyl (C=O) groups is 1. The monoisotopic (exact) mass is 373 g/mol. The Kier molecular flexibility index (Phi) is 7.53. The summed E-state index contributed by atoms with van der Waals surface area (Å²) in [6.45, 7) is 7.08. The van der Waals surface area contributed by atoms with Crippen molar-refractivity contribution in [2.45, 2.75) is 57.5 Å². The van der Waals surface area contributed by atoms with Gasteiger partial charge in [-0.3, -0.25) is 14.6 Å². The molecule has 2 saturated heterocycles. The third-order valence-corrected chi connectivity index (χ3v) is 5.98. The number of hydrogen-bond acceptors (Lipinski definition) is 4. The fourth-order valence-electron chi connectivity index (χ4n) is 4.59. The van der Waals surface area contributed by atoms with Crippen LogP contribution in [0.2, 0.25) is 0 Å². The molecule has 5 heteroatoms. The lowest BCUT2D eigenvalue weighted by molar-refractivity contribution is -0.127. The Morgan fingerprint density at radius 3 is 2.67 bits per heavy atom. The molecule has 2 heterocycles. The molecule has 1 aromatic carbocycles. The van der Waals surface area contributed by atoms with Gasteiger partial charge >= 0.3 is 0 Å². The van der Waals surface area contributed by atoms with Crippen LogP contribution in [0.4, 0.5) is 0 Å². The molecule has 0 aliphatic carbocycles. The van der Waals surface area contributed by atoms with Crippen molar-refractivity contribution in [3.63, 3.8) is 0 Å². The molecule has 3 rings (SSSR count). The number of hydrogen-bond donors (Lipinski definition) is 1. The van der Waals surface area contributed by atoms with E-state index in [0.29, 0.717) is 6.54 Å². The zero-order valence-electron chi connectivity index (χ0n) is 17.0. The zero-order chi connectivity index (χ0) is 19.1. The second-order valence-electron chi connectivity index (χ2n) is 7.79. The van der Waals surface area contributed by atoms with Crippen molar-refractivity contribution in [1.82, 2.24) is 15.1 Å². The van der Waals surface area contributed by atoms with Crippen LogP contribution in [0.1, 0.15) is 57.1 Å². The predicted molar refractivity (Wildman–Crippen MR) is 109 cm³/mol. The van der Waals surface area contributed by atoms with Crippen molar-refractivity contribution in [3.05, 3.63) is 29.8 Å². The number of nitrogens with zero attached hydrogens (tertiary/aromatic N) is 2. The number of para-hydroxylation sites is 1. The van der Waals surface area contributed by atoms with E-state index in [2.05, 4.69) is 34.2 Å². The molecule has 27 heavy (non-hydrogen) atoms. The van der Waals surface area contributed by atoms with Gasteiger partial charge in [0.25, 0.3) is 0 Å². The minimum absolute atomic E-state index is 0.0376. The molecule has 2 unspecified atom stereocenters. The molecule has 0 bridgehead atoms. The summed E-state index contributed by atoms with van der Waals surface area (Å²) in [6.07, 6.45) is 6.90. The Balaban J connectivity index is 1.69. The number of ether oxygens (including phenoxy) is 1. The third kappa shape index (κ3) is 5.02. The summed E-state index contributed by atoms with van der Waals surface area (Å²) in [7, 11) is 1.73. The van der Waals surface area contributed by atoms with Gasteiger partial charge < -0.3 is 10.1 Å². The molecule has 0 aromatic heterocycles. The first-order chi connectivity index (χ1) is 13.2. The van der Waals surface area contributed by atoms with E-state index in [0.717, 1.165) is 51.2 Å². The van der Waals surface area contributed by atoms with Gasteiger partial charge in [-0.1, -0.05) is 31.5 Å². The van der Waals surface area contributed by atoms with Crippen LogP contribution in [0.15, 0.2) is 24.3 Å². The lowest BCUT2D eigenvalue weighted by atomic mass is 10.00. The summed E-state index contributed by atoms with van der Waals surface area (Å²) in [5.41, 5.74) is 1.18. The summed E-state index contributed by atoms with van der Waals surface area (Å²) in [5, 5.41) is 3.29. The molecule has 1 amide bonds. The van der Waals surface area contributed by atoms with E-state index in [-0.39, 0.29) is 18.0 Å². The summed E-state index contributed by atoms with van der Waals surface area (Å²) < 4.78 is 5.61. The molecule has 0 spiro atoms. The molecule has 5 nitrogen and oxygen atoms in total. The summed E-state index contributed by atoms with van der Waals surface area (Å²) in [5.74, 6) is 1.11. The van der Waals surface area contributed by atoms with E-state index in [1.807, 2.05) is 12.1 Å². The molecule has 1 N–H and O–H groups in total. The van der Waals surface area contributed by atoms with Gasteiger partial charge in [0, 0.05) is 12.1 Å². The number of piperidine rings is 1. The fourth-order valence-corrected chi connectivity index (χ4v) is 4.59. The number of likely N-dealkylation sites (tertiary alicyclic amines) is 2. The van der Waals surface area contributed by atoms with Crippen LogP contribution >= 0.6 is 0 Å². The Labute approximate surface area is 164 Å². The number of carbonyl (C=O) groups excluding carboxylic acids is 1. The second-order valence-corrected chi connectivity index (χ2v) is 7.79. The van der Waals surface area contributed by atoms with E-state index in [1.165, 1.54) is 24.8 Å². The van der Waals surface area contributed by atoms with Crippen LogP contribution in [0.5, 0.6) is 5.75 Å². The minimum Gasteiger partial charge on any atom is -0.496 e. The average Bonchev–Trinajstić information content (AvgIpc) is 3.23. The lowest BCUT2D eigenvalue weighted by Gasteiger charge is -2.35. The van der Waals surface area contributed by atoms with Crippen molar-refractivity contribution in [3.8, 4) is 5.75 Å². The molecular weight excluding hydrogens is 338 g/mol. The maximum atomic E-state index is 13.0. The van der Waals surface area contributed by atoms with Crippen LogP contribution in [-0.4, -0.2) is 61.6 Å². The summed E-state index contributed by atoms with van der Waals surface area (Å²) in [6, 6.07) is 8.44. The second kappa shape index (κ2) is 10.1. The van der Waals surface area contributed by atoms with Crippen LogP contribution in [0.3, 0.4) is 0 Å². The van der Waals surface area contributed by atoms with Gasteiger partial charge in [0.05, 0.1) is 19.2 Å². The quantitative estimate of drug-likeness (QED) is 0.760. The summed E-state index contributed by atoms with van der Waals surface area (Å²) >= 11 is 0. The van der Waals surface area contributed by atoms with Gasteiger partial charge in [-0.2, -0.15) is 0 Å². The van der Waals surface area contributed by atoms with Gasteiger partial charge in [0.2, 0.25) is 5.91 Å². The maximum absolute atomic E-state index is 13.0. The summed E-state index contributed by atoms with van der Waals surface area (Å²) in [4.78, 5) is 17.8. The highest BCUT2D eigenvalue weighted by Gasteiger charge is 2.30. The molecule has 0 radical (unpaired) electrons. The normalized spacial score (nSPS) is 22.5. The van der Waals surface area contributed by atoms with Crippen molar-refractivity contribution in [1.29, 1.82) is 0 Å². The van der Waals surface area contributed by atoms with Gasteiger partial charge in [0.1, 0.15) is 5.75 Å². The van der Waals surface area contributed by atoms with E-state index in [1.54, 1.807) is 7.11 Å². The largest absolute Gasteiger partial charge is 0.496 e. The average molecular weight is 374 g/mol. The van der Waals surface area contributed by atoms with Crippen LogP contribution in [-0.2, 0) is 4.79 Å². The van der Waals surface area contributed by atoms with Gasteiger partial charge in [-0.25, -0.2) is 0 Å². The van der Waals surface area contributed by atoms with E-state index >= 15 is 0 Å². The minimum atomic E-state index is 0.0376. The lowest BCUT2D eigenvalue weighted by Crippen LogP contribution is -2.51. The van der Waals surface area contributed by atoms with Crippen LogP contribution in [0.25, 0.3) is 0 Å². The zero-order valence-corrected chi connectivity index (χ0v) is 17.0. The first-order valence-electron chi connectivity index (χ1n) is 10.6. The van der Waals surface area contributed by atoms with E-state index < -0.39 is 0 Å². The van der Waals surface area contributed by atoms with Crippen molar-refractivity contribution in [2.24, 2.45) is 0 Å². The Morgan fingerprint density at radius 2 is 1.93 bits per heavy atom. The first-order valence-corrected chi connectivity index (χ1v) is 10.6. The number of benzene rings is 1. The Hall–Kier alpha value is -1.59. The van der Waals surface area contributed by atoms with Crippen molar-refractivity contribution in [2.75, 3.05) is 39.8 Å². The number of rotatable bonds is 8. The highest BCUT2D eigenvalue weighted by atomic mass is 16.5. The fraction of sp³-hybridized carbons (Fsp3) is 0.682. The topological polar surface area (TPSA) is 44.8 Å². The smallest absolute Gasteiger partial charge is 0.237 e. The molecule has 1 aromatic rings. The molecule has 2 fully saturated rings. The van der Waals surface area contributed by atoms with Gasteiger partial charge in [-0.05, 0) is 64.3 Å². The maximum Gasteiger partial charge on any atom is 0.237 e. The molecule has 2 atom stereocenters. The number of methoxy groups -OCH3 is 1. The molecule has 2 aliphatic rings. The molecule has 0 saturated carbocycles. The number of amides is 1. The molecular formula is C22H35N3O2. The van der Waals surface area contributed by atoms with Gasteiger partial charge in [-0.15, -0.1) is 0 Å². The Morgan fingerprint density at radius 1 is 1.19 bits per heavy atom. The molecule has 150 valence electrons.